The third kappa shape index (κ3) is 8.23. The molecule has 1 unspecified atom stereocenters. The summed E-state index contributed by atoms with van der Waals surface area (Å²) in [5, 5.41) is 28.5. The lowest BCUT2D eigenvalue weighted by Crippen LogP contribution is -2.50. The van der Waals surface area contributed by atoms with Crippen LogP contribution in [-0.2, 0) is 30.6 Å². The molecule has 4 rings (SSSR count). The largest absolute Gasteiger partial charge is 0.390 e. The summed E-state index contributed by atoms with van der Waals surface area (Å²) in [6.45, 7) is 2.74. The molecule has 0 aliphatic carbocycles. The Morgan fingerprint density at radius 1 is 0.923 bits per heavy atom. The first-order chi connectivity index (χ1) is 18.9. The minimum absolute atomic E-state index is 0.0161. The van der Waals surface area contributed by atoms with Crippen molar-refractivity contribution in [2.45, 2.75) is 50.9 Å². The lowest BCUT2D eigenvalue weighted by Gasteiger charge is -2.27. The highest BCUT2D eigenvalue weighted by molar-refractivity contribution is 5.81. The number of rotatable bonds is 13. The Morgan fingerprint density at radius 2 is 1.64 bits per heavy atom. The van der Waals surface area contributed by atoms with Gasteiger partial charge < -0.3 is 15.7 Å². The maximum Gasteiger partial charge on any atom is 0.245 e. The molecule has 4 aromatic rings. The predicted octanol–water partition coefficient (Wildman–Crippen LogP) is 3.18. The van der Waals surface area contributed by atoms with Gasteiger partial charge in [0.1, 0.15) is 24.0 Å². The van der Waals surface area contributed by atoms with Crippen molar-refractivity contribution in [2.75, 3.05) is 6.54 Å². The summed E-state index contributed by atoms with van der Waals surface area (Å²) in [6.07, 6.45) is 1.54. The number of benzene rings is 3. The molecule has 204 valence electrons. The number of carbonyl (C=O) groups is 1. The van der Waals surface area contributed by atoms with Crippen LogP contribution in [0.3, 0.4) is 0 Å². The van der Waals surface area contributed by atoms with Gasteiger partial charge in [-0.3, -0.25) is 4.79 Å². The summed E-state index contributed by atoms with van der Waals surface area (Å²) in [6, 6.07) is 19.1. The molecule has 39 heavy (non-hydrogen) atoms. The highest BCUT2D eigenvalue weighted by Crippen LogP contribution is 2.16. The van der Waals surface area contributed by atoms with Gasteiger partial charge in [0.15, 0.2) is 0 Å². The zero-order chi connectivity index (χ0) is 27.6. The van der Waals surface area contributed by atoms with Crippen molar-refractivity contribution >= 4 is 5.91 Å². The van der Waals surface area contributed by atoms with E-state index in [1.54, 1.807) is 0 Å². The average molecular weight is 535 g/mol. The van der Waals surface area contributed by atoms with Crippen LogP contribution < -0.4 is 10.6 Å². The molecule has 0 aliphatic heterocycles. The number of nitrogens with one attached hydrogen (secondary N) is 2. The number of carbonyl (C=O) groups excluding carboxylic acids is 1. The first-order valence-electron chi connectivity index (χ1n) is 12.9. The third-order valence-electron chi connectivity index (χ3n) is 6.51. The van der Waals surface area contributed by atoms with Gasteiger partial charge in [-0.05, 0) is 57.7 Å². The number of hydrogen-bond acceptors (Lipinski definition) is 6. The van der Waals surface area contributed by atoms with E-state index in [0.29, 0.717) is 18.5 Å². The van der Waals surface area contributed by atoms with Crippen LogP contribution >= 0.6 is 0 Å². The van der Waals surface area contributed by atoms with Crippen molar-refractivity contribution in [3.63, 3.8) is 0 Å². The molecule has 0 bridgehead atoms. The molecule has 0 aliphatic rings. The Balaban J connectivity index is 1.50. The van der Waals surface area contributed by atoms with Gasteiger partial charge in [0, 0.05) is 25.6 Å². The first kappa shape index (κ1) is 28.0. The van der Waals surface area contributed by atoms with Crippen LogP contribution in [0, 0.1) is 11.6 Å². The Bertz CT molecular complexity index is 1320. The Morgan fingerprint density at radius 3 is 2.33 bits per heavy atom. The summed E-state index contributed by atoms with van der Waals surface area (Å²) in [5.41, 5.74) is 3.49. The van der Waals surface area contributed by atoms with Gasteiger partial charge in [-0.2, -0.15) is 0 Å². The van der Waals surface area contributed by atoms with Crippen molar-refractivity contribution < 1.29 is 18.7 Å². The molecule has 1 amide bonds. The van der Waals surface area contributed by atoms with Crippen molar-refractivity contribution in [1.82, 2.24) is 30.8 Å². The maximum absolute atomic E-state index is 13.9. The van der Waals surface area contributed by atoms with Gasteiger partial charge in [0.05, 0.1) is 12.1 Å². The van der Waals surface area contributed by atoms with E-state index < -0.39 is 35.7 Å². The molecule has 3 atom stereocenters. The normalized spacial score (nSPS) is 13.5. The summed E-state index contributed by atoms with van der Waals surface area (Å²) >= 11 is 0. The average Bonchev–Trinajstić information content (AvgIpc) is 3.46. The van der Waals surface area contributed by atoms with E-state index in [0.717, 1.165) is 23.6 Å². The standard InChI is InChI=1S/C29H32F2N6O2/c1-2-20-9-6-10-22(11-20)17-32-18-28(38)26(14-23-12-24(30)16-25(31)13-23)34-29(39)27(37-19-33-35-36-37)15-21-7-4-3-5-8-21/h3-13,16,19,26-28,32,38H,2,14-15,17-18H2,1H3,(H,34,39)/t26-,27?,28-/m0/s1. The van der Waals surface area contributed by atoms with E-state index in [-0.39, 0.29) is 13.0 Å². The number of aromatic nitrogens is 4. The molecule has 10 heteroatoms. The van der Waals surface area contributed by atoms with Crippen LogP contribution in [0.1, 0.15) is 35.2 Å². The quantitative estimate of drug-likeness (QED) is 0.243. The molecule has 1 aromatic heterocycles. The number of tetrazole rings is 1. The predicted molar refractivity (Wildman–Crippen MR) is 143 cm³/mol. The van der Waals surface area contributed by atoms with E-state index in [4.69, 9.17) is 0 Å². The molecule has 0 saturated carbocycles. The maximum atomic E-state index is 13.9. The van der Waals surface area contributed by atoms with E-state index in [1.165, 1.54) is 28.7 Å². The van der Waals surface area contributed by atoms with Crippen LogP contribution in [0.4, 0.5) is 8.78 Å². The smallest absolute Gasteiger partial charge is 0.245 e. The fraction of sp³-hybridized carbons (Fsp3) is 0.310. The zero-order valence-electron chi connectivity index (χ0n) is 21.7. The molecule has 3 aromatic carbocycles. The van der Waals surface area contributed by atoms with Crippen LogP contribution in [0.2, 0.25) is 0 Å². The zero-order valence-corrected chi connectivity index (χ0v) is 21.7. The number of aryl methyl sites for hydroxylation is 1. The fourth-order valence-electron chi connectivity index (χ4n) is 4.47. The van der Waals surface area contributed by atoms with Crippen molar-refractivity contribution in [3.05, 3.63) is 113 Å². The molecule has 0 fully saturated rings. The molecule has 0 saturated heterocycles. The van der Waals surface area contributed by atoms with Crippen molar-refractivity contribution in [2.24, 2.45) is 0 Å². The highest BCUT2D eigenvalue weighted by atomic mass is 19.1. The Kier molecular flexibility index (Phi) is 9.82. The second kappa shape index (κ2) is 13.7. The minimum Gasteiger partial charge on any atom is -0.390 e. The molecular weight excluding hydrogens is 502 g/mol. The van der Waals surface area contributed by atoms with Crippen LogP contribution in [0.15, 0.2) is 79.1 Å². The van der Waals surface area contributed by atoms with E-state index in [1.807, 2.05) is 42.5 Å². The number of amides is 1. The molecular formula is C29H32F2N6O2. The summed E-state index contributed by atoms with van der Waals surface area (Å²) in [4.78, 5) is 13.5. The molecule has 0 radical (unpaired) electrons. The first-order valence-corrected chi connectivity index (χ1v) is 12.9. The van der Waals surface area contributed by atoms with Gasteiger partial charge in [0.2, 0.25) is 5.91 Å². The van der Waals surface area contributed by atoms with Gasteiger partial charge in [-0.15, -0.1) is 5.10 Å². The number of aliphatic hydroxyl groups is 1. The highest BCUT2D eigenvalue weighted by Gasteiger charge is 2.28. The second-order valence-corrected chi connectivity index (χ2v) is 9.46. The van der Waals surface area contributed by atoms with E-state index in [9.17, 15) is 18.7 Å². The number of aliphatic hydroxyl groups excluding tert-OH is 1. The van der Waals surface area contributed by atoms with Crippen LogP contribution in [-0.4, -0.2) is 49.9 Å². The molecule has 0 spiro atoms. The summed E-state index contributed by atoms with van der Waals surface area (Å²) in [5.74, 6) is -1.88. The van der Waals surface area contributed by atoms with Gasteiger partial charge >= 0.3 is 0 Å². The van der Waals surface area contributed by atoms with E-state index >= 15 is 0 Å². The van der Waals surface area contributed by atoms with Gasteiger partial charge in [-0.1, -0.05) is 61.5 Å². The molecule has 1 heterocycles. The Hall–Kier alpha value is -4.02. The lowest BCUT2D eigenvalue weighted by atomic mass is 9.99. The minimum atomic E-state index is -1.05. The number of halogens is 2. The van der Waals surface area contributed by atoms with Gasteiger partial charge in [0.25, 0.3) is 0 Å². The summed E-state index contributed by atoms with van der Waals surface area (Å²) < 4.78 is 29.2. The second-order valence-electron chi connectivity index (χ2n) is 9.46. The van der Waals surface area contributed by atoms with Crippen molar-refractivity contribution in [3.8, 4) is 0 Å². The Labute approximate surface area is 226 Å². The summed E-state index contributed by atoms with van der Waals surface area (Å²) in [7, 11) is 0. The molecule has 3 N–H and O–H groups in total. The van der Waals surface area contributed by atoms with Crippen LogP contribution in [0.5, 0.6) is 0 Å². The number of hydrogen-bond donors (Lipinski definition) is 3. The monoisotopic (exact) mass is 534 g/mol. The molecule has 8 nitrogen and oxygen atoms in total. The third-order valence-corrected chi connectivity index (χ3v) is 6.51. The SMILES string of the molecule is CCc1cccc(CNC[C@H](O)[C@H](Cc2cc(F)cc(F)c2)NC(=O)C(Cc2ccccc2)n2cnnn2)c1. The topological polar surface area (TPSA) is 105 Å². The van der Waals surface area contributed by atoms with E-state index in [2.05, 4.69) is 45.2 Å². The fourth-order valence-corrected chi connectivity index (χ4v) is 4.47. The lowest BCUT2D eigenvalue weighted by molar-refractivity contribution is -0.126. The van der Waals surface area contributed by atoms with Crippen LogP contribution in [0.25, 0.3) is 0 Å². The number of nitrogens with zero attached hydrogens (tertiary/aromatic N) is 4. The van der Waals surface area contributed by atoms with Gasteiger partial charge in [-0.25, -0.2) is 13.5 Å². The van der Waals surface area contributed by atoms with Crippen molar-refractivity contribution in [1.29, 1.82) is 0 Å².